The van der Waals surface area contributed by atoms with Gasteiger partial charge in [0.2, 0.25) is 0 Å². The number of carboxylic acids is 1. The van der Waals surface area contributed by atoms with Gasteiger partial charge in [-0.15, -0.1) is 0 Å². The second kappa shape index (κ2) is 7.01. The summed E-state index contributed by atoms with van der Waals surface area (Å²) in [5.41, 5.74) is -0.736. The predicted molar refractivity (Wildman–Crippen MR) is 68.8 cm³/mol. The molecule has 0 saturated heterocycles. The van der Waals surface area contributed by atoms with Crippen LogP contribution in [0.5, 0.6) is 5.75 Å². The van der Waals surface area contributed by atoms with Gasteiger partial charge in [-0.1, -0.05) is 18.2 Å². The lowest BCUT2D eigenvalue weighted by atomic mass is 9.90. The molecule has 0 radical (unpaired) electrons. The van der Waals surface area contributed by atoms with Crippen molar-refractivity contribution in [1.82, 2.24) is 0 Å². The molecule has 0 unspecified atom stereocenters. The van der Waals surface area contributed by atoms with Gasteiger partial charge in [0.15, 0.2) is 0 Å². The van der Waals surface area contributed by atoms with E-state index in [1.807, 2.05) is 30.3 Å². The molecule has 0 aromatic heterocycles. The van der Waals surface area contributed by atoms with Crippen molar-refractivity contribution in [1.29, 1.82) is 0 Å². The van der Waals surface area contributed by atoms with E-state index in [9.17, 15) is 4.79 Å². The molecular weight excluding hydrogens is 232 g/mol. The summed E-state index contributed by atoms with van der Waals surface area (Å²) in [4.78, 5) is 10.8. The third-order valence-electron chi connectivity index (χ3n) is 2.69. The van der Waals surface area contributed by atoms with Crippen LogP contribution >= 0.6 is 0 Å². The molecular formula is C14H20O4. The molecule has 0 atom stereocenters. The second-order valence-corrected chi connectivity index (χ2v) is 4.71. The number of benzene rings is 1. The first kappa shape index (κ1) is 14.5. The first-order valence-electron chi connectivity index (χ1n) is 6.01. The number of carbonyl (C=O) groups is 1. The molecule has 1 N–H and O–H groups in total. The topological polar surface area (TPSA) is 55.8 Å². The number of hydrogen-bond acceptors (Lipinski definition) is 3. The van der Waals surface area contributed by atoms with E-state index in [0.717, 1.165) is 5.75 Å². The number of rotatable bonds is 8. The Morgan fingerprint density at radius 2 is 1.83 bits per heavy atom. The molecule has 0 aliphatic rings. The van der Waals surface area contributed by atoms with Gasteiger partial charge in [-0.3, -0.25) is 4.79 Å². The summed E-state index contributed by atoms with van der Waals surface area (Å²) in [6.45, 7) is 4.75. The zero-order chi connectivity index (χ0) is 13.4. The second-order valence-electron chi connectivity index (χ2n) is 4.71. The van der Waals surface area contributed by atoms with Crippen LogP contribution in [0.1, 0.15) is 20.3 Å². The Labute approximate surface area is 108 Å². The molecule has 0 aliphatic carbocycles. The van der Waals surface area contributed by atoms with Crippen LogP contribution in [-0.2, 0) is 9.53 Å². The molecule has 0 bridgehead atoms. The molecule has 100 valence electrons. The van der Waals surface area contributed by atoms with E-state index in [2.05, 4.69) is 0 Å². The largest absolute Gasteiger partial charge is 0.491 e. The van der Waals surface area contributed by atoms with Crippen LogP contribution < -0.4 is 4.74 Å². The highest BCUT2D eigenvalue weighted by molar-refractivity contribution is 5.73. The fourth-order valence-electron chi connectivity index (χ4n) is 1.27. The number of para-hydroxylation sites is 1. The molecule has 1 aromatic carbocycles. The molecule has 1 rings (SSSR count). The van der Waals surface area contributed by atoms with Crippen LogP contribution in [0.25, 0.3) is 0 Å². The monoisotopic (exact) mass is 252 g/mol. The molecule has 1 aromatic rings. The van der Waals surface area contributed by atoms with E-state index in [0.29, 0.717) is 26.2 Å². The summed E-state index contributed by atoms with van der Waals surface area (Å²) in [6, 6.07) is 9.51. The standard InChI is InChI=1S/C14H20O4/c1-14(2,13(15)16)8-9-17-10-11-18-12-6-4-3-5-7-12/h3-7H,8-11H2,1-2H3,(H,15,16). The quantitative estimate of drug-likeness (QED) is 0.722. The fourth-order valence-corrected chi connectivity index (χ4v) is 1.27. The molecule has 4 heteroatoms. The molecule has 0 aliphatic heterocycles. The smallest absolute Gasteiger partial charge is 0.309 e. The molecule has 0 saturated carbocycles. The minimum Gasteiger partial charge on any atom is -0.491 e. The van der Waals surface area contributed by atoms with Crippen molar-refractivity contribution in [3.05, 3.63) is 30.3 Å². The van der Waals surface area contributed by atoms with Gasteiger partial charge in [0.05, 0.1) is 12.0 Å². The van der Waals surface area contributed by atoms with E-state index in [1.165, 1.54) is 0 Å². The maximum Gasteiger partial charge on any atom is 0.309 e. The van der Waals surface area contributed by atoms with Gasteiger partial charge < -0.3 is 14.6 Å². The number of aliphatic carboxylic acids is 1. The Hall–Kier alpha value is -1.55. The lowest BCUT2D eigenvalue weighted by Crippen LogP contribution is -2.25. The average Bonchev–Trinajstić information content (AvgIpc) is 2.34. The third kappa shape index (κ3) is 5.19. The third-order valence-corrected chi connectivity index (χ3v) is 2.69. The van der Waals surface area contributed by atoms with Crippen LogP contribution in [0.4, 0.5) is 0 Å². The zero-order valence-electron chi connectivity index (χ0n) is 10.9. The van der Waals surface area contributed by atoms with E-state index in [4.69, 9.17) is 14.6 Å². The van der Waals surface area contributed by atoms with Crippen LogP contribution in [0.15, 0.2) is 30.3 Å². The van der Waals surface area contributed by atoms with E-state index in [1.54, 1.807) is 13.8 Å². The van der Waals surface area contributed by atoms with Crippen molar-refractivity contribution in [2.45, 2.75) is 20.3 Å². The van der Waals surface area contributed by atoms with Gasteiger partial charge >= 0.3 is 5.97 Å². The van der Waals surface area contributed by atoms with Crippen LogP contribution in [0.2, 0.25) is 0 Å². The van der Waals surface area contributed by atoms with Gasteiger partial charge in [0, 0.05) is 6.61 Å². The number of ether oxygens (including phenoxy) is 2. The molecule has 0 amide bonds. The van der Waals surface area contributed by atoms with Crippen molar-refractivity contribution in [2.24, 2.45) is 5.41 Å². The minimum absolute atomic E-state index is 0.428. The normalized spacial score (nSPS) is 11.2. The van der Waals surface area contributed by atoms with Gasteiger partial charge in [-0.2, -0.15) is 0 Å². The maximum atomic E-state index is 10.8. The highest BCUT2D eigenvalue weighted by atomic mass is 16.5. The first-order valence-corrected chi connectivity index (χ1v) is 6.01. The van der Waals surface area contributed by atoms with Gasteiger partial charge in [-0.05, 0) is 32.4 Å². The summed E-state index contributed by atoms with van der Waals surface area (Å²) in [5.74, 6) is 0.0126. The van der Waals surface area contributed by atoms with Gasteiger partial charge in [0.25, 0.3) is 0 Å². The Morgan fingerprint density at radius 3 is 2.44 bits per heavy atom. The highest BCUT2D eigenvalue weighted by Crippen LogP contribution is 2.19. The van der Waals surface area contributed by atoms with Crippen LogP contribution in [-0.4, -0.2) is 30.9 Å². The first-order chi connectivity index (χ1) is 8.52. The lowest BCUT2D eigenvalue weighted by molar-refractivity contribution is -0.148. The zero-order valence-corrected chi connectivity index (χ0v) is 10.9. The Bertz CT molecular complexity index is 359. The Kier molecular flexibility index (Phi) is 5.65. The van der Waals surface area contributed by atoms with E-state index in [-0.39, 0.29) is 0 Å². The number of hydrogen-bond donors (Lipinski definition) is 1. The summed E-state index contributed by atoms with van der Waals surface area (Å²) in [6.07, 6.45) is 0.494. The summed E-state index contributed by atoms with van der Waals surface area (Å²) >= 11 is 0. The summed E-state index contributed by atoms with van der Waals surface area (Å²) < 4.78 is 10.8. The highest BCUT2D eigenvalue weighted by Gasteiger charge is 2.26. The molecule has 0 spiro atoms. The average molecular weight is 252 g/mol. The summed E-state index contributed by atoms with van der Waals surface area (Å²) in [7, 11) is 0. The summed E-state index contributed by atoms with van der Waals surface area (Å²) in [5, 5.41) is 8.91. The molecule has 0 fully saturated rings. The van der Waals surface area contributed by atoms with Crippen molar-refractivity contribution in [2.75, 3.05) is 19.8 Å². The van der Waals surface area contributed by atoms with Crippen molar-refractivity contribution >= 4 is 5.97 Å². The van der Waals surface area contributed by atoms with E-state index < -0.39 is 11.4 Å². The maximum absolute atomic E-state index is 10.8. The van der Waals surface area contributed by atoms with Crippen LogP contribution in [0.3, 0.4) is 0 Å². The fraction of sp³-hybridized carbons (Fsp3) is 0.500. The number of carboxylic acid groups (broad SMARTS) is 1. The lowest BCUT2D eigenvalue weighted by Gasteiger charge is -2.18. The van der Waals surface area contributed by atoms with Gasteiger partial charge in [-0.25, -0.2) is 0 Å². The predicted octanol–water partition coefficient (Wildman–Crippen LogP) is 2.58. The molecule has 18 heavy (non-hydrogen) atoms. The van der Waals surface area contributed by atoms with Crippen molar-refractivity contribution < 1.29 is 19.4 Å². The SMILES string of the molecule is CC(C)(CCOCCOc1ccccc1)C(=O)O. The Morgan fingerprint density at radius 1 is 1.17 bits per heavy atom. The molecule has 0 heterocycles. The van der Waals surface area contributed by atoms with Crippen molar-refractivity contribution in [3.8, 4) is 5.75 Å². The van der Waals surface area contributed by atoms with E-state index >= 15 is 0 Å². The van der Waals surface area contributed by atoms with Crippen molar-refractivity contribution in [3.63, 3.8) is 0 Å². The Balaban J connectivity index is 2.08. The molecule has 4 nitrogen and oxygen atoms in total. The van der Waals surface area contributed by atoms with Crippen LogP contribution in [0, 0.1) is 5.41 Å². The minimum atomic E-state index is -0.799. The van der Waals surface area contributed by atoms with Gasteiger partial charge in [0.1, 0.15) is 12.4 Å².